The van der Waals surface area contributed by atoms with E-state index in [2.05, 4.69) is 34.2 Å². The molecule has 1 aromatic carbocycles. The lowest BCUT2D eigenvalue weighted by atomic mass is 10.1. The number of rotatable bonds is 7. The summed E-state index contributed by atoms with van der Waals surface area (Å²) in [7, 11) is 0. The molecule has 0 aromatic heterocycles. The fraction of sp³-hybridized carbons (Fsp3) is 0.526. The van der Waals surface area contributed by atoms with Crippen LogP contribution in [0, 0.1) is 17.2 Å². The predicted molar refractivity (Wildman–Crippen MR) is 93.5 cm³/mol. The topological polar surface area (TPSA) is 65.7 Å². The van der Waals surface area contributed by atoms with Crippen molar-refractivity contribution in [1.29, 1.82) is 5.26 Å². The van der Waals surface area contributed by atoms with Gasteiger partial charge >= 0.3 is 5.97 Å². The van der Waals surface area contributed by atoms with Gasteiger partial charge < -0.3 is 4.74 Å². The van der Waals surface area contributed by atoms with Gasteiger partial charge in [0, 0.05) is 12.8 Å². The van der Waals surface area contributed by atoms with E-state index in [0.29, 0.717) is 6.54 Å². The molecule has 5 heteroatoms. The molecule has 1 aliphatic heterocycles. The molecule has 24 heavy (non-hydrogen) atoms. The molecule has 128 valence electrons. The number of nitrogens with zero attached hydrogens (tertiary/aromatic N) is 3. The predicted octanol–water partition coefficient (Wildman–Crippen LogP) is 2.95. The quantitative estimate of drug-likeness (QED) is 0.570. The molecule has 1 fully saturated rings. The van der Waals surface area contributed by atoms with E-state index in [9.17, 15) is 4.79 Å². The van der Waals surface area contributed by atoms with E-state index in [1.807, 2.05) is 6.07 Å². The van der Waals surface area contributed by atoms with Crippen LogP contribution in [0.15, 0.2) is 29.3 Å². The number of aliphatic imine (C=N–C) groups is 1. The number of nitriles is 1. The lowest BCUT2D eigenvalue weighted by Gasteiger charge is -2.26. The van der Waals surface area contributed by atoms with E-state index in [1.54, 1.807) is 6.92 Å². The zero-order chi connectivity index (χ0) is 17.2. The van der Waals surface area contributed by atoms with Crippen molar-refractivity contribution in [1.82, 2.24) is 4.90 Å². The first-order valence-electron chi connectivity index (χ1n) is 8.59. The van der Waals surface area contributed by atoms with Crippen LogP contribution < -0.4 is 0 Å². The van der Waals surface area contributed by atoms with Gasteiger partial charge in [0.25, 0.3) is 0 Å². The van der Waals surface area contributed by atoms with Crippen molar-refractivity contribution in [2.24, 2.45) is 10.9 Å². The van der Waals surface area contributed by atoms with Gasteiger partial charge in [-0.15, -0.1) is 0 Å². The van der Waals surface area contributed by atoms with Gasteiger partial charge in [0.2, 0.25) is 0 Å². The molecule has 0 radical (unpaired) electrons. The number of benzene rings is 1. The first kappa shape index (κ1) is 18.2. The van der Waals surface area contributed by atoms with Crippen molar-refractivity contribution in [3.8, 4) is 6.07 Å². The molecule has 1 saturated heterocycles. The normalized spacial score (nSPS) is 16.7. The van der Waals surface area contributed by atoms with Gasteiger partial charge in [-0.2, -0.15) is 5.26 Å². The summed E-state index contributed by atoms with van der Waals surface area (Å²) < 4.78 is 4.83. The van der Waals surface area contributed by atoms with E-state index in [1.165, 1.54) is 44.1 Å². The molecule has 2 rings (SSSR count). The summed E-state index contributed by atoms with van der Waals surface area (Å²) in [6.07, 6.45) is 5.32. The van der Waals surface area contributed by atoms with Crippen LogP contribution in [0.5, 0.6) is 0 Å². The third-order valence-corrected chi connectivity index (χ3v) is 4.09. The summed E-state index contributed by atoms with van der Waals surface area (Å²) in [4.78, 5) is 18.2. The maximum atomic E-state index is 11.5. The lowest BCUT2D eigenvalue weighted by molar-refractivity contribution is -0.143. The minimum atomic E-state index is -0.927. The van der Waals surface area contributed by atoms with Crippen LogP contribution >= 0.6 is 0 Å². The molecule has 1 atom stereocenters. The average Bonchev–Trinajstić information content (AvgIpc) is 2.61. The number of piperidine rings is 1. The first-order valence-corrected chi connectivity index (χ1v) is 8.59. The summed E-state index contributed by atoms with van der Waals surface area (Å²) in [6.45, 7) is 5.83. The van der Waals surface area contributed by atoms with Crippen molar-refractivity contribution in [2.45, 2.75) is 39.3 Å². The molecule has 1 aromatic rings. The van der Waals surface area contributed by atoms with Gasteiger partial charge in [-0.3, -0.25) is 14.7 Å². The zero-order valence-corrected chi connectivity index (χ0v) is 14.3. The molecule has 1 heterocycles. The first-order chi connectivity index (χ1) is 11.7. The Bertz CT molecular complexity index is 584. The van der Waals surface area contributed by atoms with Crippen LogP contribution in [0.25, 0.3) is 0 Å². The molecule has 1 aliphatic rings. The number of carbonyl (C=O) groups is 1. The van der Waals surface area contributed by atoms with Crippen molar-refractivity contribution in [2.75, 3.05) is 19.7 Å². The van der Waals surface area contributed by atoms with E-state index in [4.69, 9.17) is 10.00 Å². The molecule has 0 spiro atoms. The standard InChI is InChI=1S/C19H25N3O2/c1-2-24-19(23)18(12-20)14-21-13-16-6-8-17(9-7-16)15-22-10-4-3-5-11-22/h6-9,14,18H,2-5,10-11,13,15H2,1H3/t18-/m1/s1. The highest BCUT2D eigenvalue weighted by atomic mass is 16.5. The Hall–Kier alpha value is -2.19. The van der Waals surface area contributed by atoms with Crippen LogP contribution in [0.3, 0.4) is 0 Å². The molecule has 5 nitrogen and oxygen atoms in total. The molecule has 0 N–H and O–H groups in total. The fourth-order valence-corrected chi connectivity index (χ4v) is 2.77. The fourth-order valence-electron chi connectivity index (χ4n) is 2.77. The third-order valence-electron chi connectivity index (χ3n) is 4.09. The van der Waals surface area contributed by atoms with Gasteiger partial charge in [0.1, 0.15) is 0 Å². The highest BCUT2D eigenvalue weighted by Gasteiger charge is 2.16. The summed E-state index contributed by atoms with van der Waals surface area (Å²) >= 11 is 0. The number of ether oxygens (including phenoxy) is 1. The van der Waals surface area contributed by atoms with Crippen molar-refractivity contribution in [3.05, 3.63) is 35.4 Å². The Kier molecular flexibility index (Phi) is 7.44. The van der Waals surface area contributed by atoms with Crippen LogP contribution in [0.1, 0.15) is 37.3 Å². The van der Waals surface area contributed by atoms with Gasteiger partial charge in [-0.25, -0.2) is 0 Å². The van der Waals surface area contributed by atoms with Crippen molar-refractivity contribution < 1.29 is 9.53 Å². The second kappa shape index (κ2) is 9.84. The molecular formula is C19H25N3O2. The monoisotopic (exact) mass is 327 g/mol. The summed E-state index contributed by atoms with van der Waals surface area (Å²) in [5, 5.41) is 8.97. The summed E-state index contributed by atoms with van der Waals surface area (Å²) in [5.41, 5.74) is 2.38. The van der Waals surface area contributed by atoms with Gasteiger partial charge in [0.05, 0.1) is 19.2 Å². The van der Waals surface area contributed by atoms with Gasteiger partial charge in [-0.1, -0.05) is 30.7 Å². The highest BCUT2D eigenvalue weighted by molar-refractivity contribution is 5.92. The average molecular weight is 327 g/mol. The van der Waals surface area contributed by atoms with E-state index in [-0.39, 0.29) is 6.61 Å². The number of hydrogen-bond acceptors (Lipinski definition) is 5. The summed E-state index contributed by atoms with van der Waals surface area (Å²) in [5.74, 6) is -1.47. The van der Waals surface area contributed by atoms with Crippen molar-refractivity contribution in [3.63, 3.8) is 0 Å². The number of hydrogen-bond donors (Lipinski definition) is 0. The lowest BCUT2D eigenvalue weighted by Crippen LogP contribution is -2.29. The molecule has 0 amide bonds. The Morgan fingerprint density at radius 2 is 1.96 bits per heavy atom. The SMILES string of the molecule is CCOC(=O)[C@H](C#N)C=NCc1ccc(CN2CCCCC2)cc1. The van der Waals surface area contributed by atoms with Gasteiger partial charge in [0.15, 0.2) is 5.92 Å². The molecule has 0 bridgehead atoms. The molecular weight excluding hydrogens is 302 g/mol. The highest BCUT2D eigenvalue weighted by Crippen LogP contribution is 2.14. The second-order valence-corrected chi connectivity index (χ2v) is 6.00. The van der Waals surface area contributed by atoms with E-state index < -0.39 is 11.9 Å². The molecule has 0 unspecified atom stereocenters. The molecule has 0 aliphatic carbocycles. The van der Waals surface area contributed by atoms with Crippen LogP contribution in [0.4, 0.5) is 0 Å². The number of likely N-dealkylation sites (tertiary alicyclic amines) is 1. The third kappa shape index (κ3) is 5.78. The zero-order valence-electron chi connectivity index (χ0n) is 14.3. The second-order valence-electron chi connectivity index (χ2n) is 6.00. The minimum absolute atomic E-state index is 0.267. The maximum Gasteiger partial charge on any atom is 0.328 e. The Morgan fingerprint density at radius 1 is 1.29 bits per heavy atom. The number of carbonyl (C=O) groups excluding carboxylic acids is 1. The Labute approximate surface area is 143 Å². The maximum absolute atomic E-state index is 11.5. The smallest absolute Gasteiger partial charge is 0.328 e. The van der Waals surface area contributed by atoms with E-state index in [0.717, 1.165) is 12.1 Å². The minimum Gasteiger partial charge on any atom is -0.465 e. The summed E-state index contributed by atoms with van der Waals surface area (Å²) in [6, 6.07) is 10.3. The van der Waals surface area contributed by atoms with Crippen LogP contribution in [-0.4, -0.2) is 36.8 Å². The Morgan fingerprint density at radius 3 is 2.58 bits per heavy atom. The van der Waals surface area contributed by atoms with Gasteiger partial charge in [-0.05, 0) is 44.0 Å². The molecule has 0 saturated carbocycles. The largest absolute Gasteiger partial charge is 0.465 e. The van der Waals surface area contributed by atoms with E-state index >= 15 is 0 Å². The van der Waals surface area contributed by atoms with Crippen LogP contribution in [0.2, 0.25) is 0 Å². The van der Waals surface area contributed by atoms with Crippen molar-refractivity contribution >= 4 is 12.2 Å². The Balaban J connectivity index is 1.83. The number of esters is 1. The van der Waals surface area contributed by atoms with Crippen LogP contribution in [-0.2, 0) is 22.6 Å².